The first-order chi connectivity index (χ1) is 8.22. The molecule has 0 aliphatic carbocycles. The van der Waals surface area contributed by atoms with Gasteiger partial charge in [0.1, 0.15) is 0 Å². The summed E-state index contributed by atoms with van der Waals surface area (Å²) in [5.74, 6) is 0.429. The zero-order chi connectivity index (χ0) is 12.3. The molecule has 90 valence electrons. The number of nitrogens with zero attached hydrogens (tertiary/aromatic N) is 2. The van der Waals surface area contributed by atoms with Crippen molar-refractivity contribution >= 4 is 0 Å². The average Bonchev–Trinajstić information content (AvgIpc) is 2.87. The molecule has 17 heavy (non-hydrogen) atoms. The highest BCUT2D eigenvalue weighted by atomic mass is 15.3. The fraction of sp³-hybridized carbons (Fsp3) is 0.357. The molecule has 3 heteroatoms. The summed E-state index contributed by atoms with van der Waals surface area (Å²) in [5.41, 5.74) is 8.04. The van der Waals surface area contributed by atoms with E-state index < -0.39 is 0 Å². The highest BCUT2D eigenvalue weighted by Gasteiger charge is 2.13. The largest absolute Gasteiger partial charge is 0.330 e. The minimum atomic E-state index is 0.331. The number of rotatable bonds is 4. The Balaban J connectivity index is 2.22. The maximum atomic E-state index is 5.69. The van der Waals surface area contributed by atoms with Gasteiger partial charge < -0.3 is 5.73 Å². The fourth-order valence-corrected chi connectivity index (χ4v) is 1.80. The maximum Gasteiger partial charge on any atom is 0.0568 e. The van der Waals surface area contributed by atoms with Gasteiger partial charge in [-0.05, 0) is 24.9 Å². The molecule has 0 spiro atoms. The first-order valence-corrected chi connectivity index (χ1v) is 6.02. The fourth-order valence-electron chi connectivity index (χ4n) is 1.80. The molecule has 0 amide bonds. The van der Waals surface area contributed by atoms with Crippen LogP contribution < -0.4 is 5.73 Å². The van der Waals surface area contributed by atoms with Gasteiger partial charge in [0.05, 0.1) is 12.2 Å². The predicted molar refractivity (Wildman–Crippen MR) is 70.6 cm³/mol. The summed E-state index contributed by atoms with van der Waals surface area (Å²) >= 11 is 0. The number of aromatic nitrogens is 2. The van der Waals surface area contributed by atoms with Crippen LogP contribution in [0.2, 0.25) is 0 Å². The van der Waals surface area contributed by atoms with E-state index in [0.29, 0.717) is 18.5 Å². The van der Waals surface area contributed by atoms with E-state index in [2.05, 4.69) is 37.3 Å². The Labute approximate surface area is 102 Å². The summed E-state index contributed by atoms with van der Waals surface area (Å²) in [6.07, 6.45) is 4.00. The van der Waals surface area contributed by atoms with Crippen molar-refractivity contribution in [3.05, 3.63) is 42.7 Å². The van der Waals surface area contributed by atoms with E-state index in [-0.39, 0.29) is 0 Å². The van der Waals surface area contributed by atoms with Crippen LogP contribution in [0, 0.1) is 5.92 Å². The predicted octanol–water partition coefficient (Wildman–Crippen LogP) is 2.71. The second kappa shape index (κ2) is 5.15. The Hall–Kier alpha value is -1.61. The van der Waals surface area contributed by atoms with E-state index in [9.17, 15) is 0 Å². The first-order valence-electron chi connectivity index (χ1n) is 6.02. The molecular formula is C14H19N3. The van der Waals surface area contributed by atoms with Crippen LogP contribution in [0.4, 0.5) is 0 Å². The molecule has 1 aromatic carbocycles. The number of hydrogen-bond acceptors (Lipinski definition) is 2. The Kier molecular flexibility index (Phi) is 3.59. The first kappa shape index (κ1) is 11.9. The third-order valence-corrected chi connectivity index (χ3v) is 3.32. The molecule has 0 fully saturated rings. The second-order valence-corrected chi connectivity index (χ2v) is 4.53. The van der Waals surface area contributed by atoms with E-state index in [1.54, 1.807) is 0 Å². The molecule has 1 aromatic heterocycles. The monoisotopic (exact) mass is 229 g/mol. The van der Waals surface area contributed by atoms with Crippen molar-refractivity contribution in [2.24, 2.45) is 11.7 Å². The number of benzene rings is 1. The summed E-state index contributed by atoms with van der Waals surface area (Å²) in [7, 11) is 0. The molecule has 2 N–H and O–H groups in total. The van der Waals surface area contributed by atoms with Crippen molar-refractivity contribution < 1.29 is 0 Å². The van der Waals surface area contributed by atoms with Gasteiger partial charge in [0, 0.05) is 11.8 Å². The number of nitrogens with two attached hydrogens (primary N) is 1. The van der Waals surface area contributed by atoms with Crippen LogP contribution in [0.25, 0.3) is 11.1 Å². The van der Waals surface area contributed by atoms with Gasteiger partial charge in [-0.25, -0.2) is 0 Å². The van der Waals surface area contributed by atoms with Crippen LogP contribution in [-0.2, 0) is 0 Å². The van der Waals surface area contributed by atoms with Crippen molar-refractivity contribution in [2.45, 2.75) is 19.9 Å². The number of hydrogen-bond donors (Lipinski definition) is 1. The van der Waals surface area contributed by atoms with Crippen LogP contribution >= 0.6 is 0 Å². The van der Waals surface area contributed by atoms with Crippen LogP contribution in [0.1, 0.15) is 19.9 Å². The third-order valence-electron chi connectivity index (χ3n) is 3.32. The summed E-state index contributed by atoms with van der Waals surface area (Å²) < 4.78 is 2.00. The molecule has 1 heterocycles. The van der Waals surface area contributed by atoms with E-state index in [1.165, 1.54) is 5.56 Å². The normalized spacial score (nSPS) is 14.5. The summed E-state index contributed by atoms with van der Waals surface area (Å²) in [4.78, 5) is 0. The molecule has 0 saturated carbocycles. The lowest BCUT2D eigenvalue weighted by molar-refractivity contribution is 0.358. The van der Waals surface area contributed by atoms with E-state index in [4.69, 9.17) is 5.73 Å². The van der Waals surface area contributed by atoms with Crippen molar-refractivity contribution in [2.75, 3.05) is 6.54 Å². The summed E-state index contributed by atoms with van der Waals surface area (Å²) in [6.45, 7) is 4.98. The molecule has 2 atom stereocenters. The highest BCUT2D eigenvalue weighted by Crippen LogP contribution is 2.22. The lowest BCUT2D eigenvalue weighted by Gasteiger charge is -2.18. The molecule has 0 aliphatic heterocycles. The van der Waals surface area contributed by atoms with Gasteiger partial charge in [0.2, 0.25) is 0 Å². The topological polar surface area (TPSA) is 43.8 Å². The van der Waals surface area contributed by atoms with Crippen LogP contribution in [0.15, 0.2) is 42.7 Å². The Morgan fingerprint density at radius 1 is 1.18 bits per heavy atom. The highest BCUT2D eigenvalue weighted by molar-refractivity contribution is 5.61. The average molecular weight is 229 g/mol. The van der Waals surface area contributed by atoms with Crippen LogP contribution in [-0.4, -0.2) is 16.3 Å². The molecule has 2 aromatic rings. The van der Waals surface area contributed by atoms with E-state index >= 15 is 0 Å². The molecule has 0 saturated heterocycles. The zero-order valence-electron chi connectivity index (χ0n) is 10.4. The Morgan fingerprint density at radius 2 is 1.88 bits per heavy atom. The zero-order valence-corrected chi connectivity index (χ0v) is 10.4. The maximum absolute atomic E-state index is 5.69. The van der Waals surface area contributed by atoms with Gasteiger partial charge in [0.15, 0.2) is 0 Å². The van der Waals surface area contributed by atoms with Crippen molar-refractivity contribution in [3.8, 4) is 11.1 Å². The molecule has 0 radical (unpaired) electrons. The minimum Gasteiger partial charge on any atom is -0.330 e. The van der Waals surface area contributed by atoms with Crippen molar-refractivity contribution in [1.82, 2.24) is 9.78 Å². The third kappa shape index (κ3) is 2.56. The summed E-state index contributed by atoms with van der Waals surface area (Å²) in [5, 5.41) is 4.42. The van der Waals surface area contributed by atoms with Gasteiger partial charge in [0.25, 0.3) is 0 Å². The molecule has 0 bridgehead atoms. The van der Waals surface area contributed by atoms with Gasteiger partial charge in [-0.3, -0.25) is 4.68 Å². The van der Waals surface area contributed by atoms with E-state index in [1.807, 2.05) is 29.1 Å². The molecule has 2 rings (SSSR count). The molecule has 2 unspecified atom stereocenters. The minimum absolute atomic E-state index is 0.331. The molecule has 0 aliphatic rings. The van der Waals surface area contributed by atoms with Crippen molar-refractivity contribution in [3.63, 3.8) is 0 Å². The quantitative estimate of drug-likeness (QED) is 0.876. The lowest BCUT2D eigenvalue weighted by atomic mass is 10.0. The van der Waals surface area contributed by atoms with Gasteiger partial charge in [-0.1, -0.05) is 37.3 Å². The van der Waals surface area contributed by atoms with E-state index in [0.717, 1.165) is 5.56 Å². The van der Waals surface area contributed by atoms with Crippen molar-refractivity contribution in [1.29, 1.82) is 0 Å². The second-order valence-electron chi connectivity index (χ2n) is 4.53. The standard InChI is InChI=1S/C14H19N3/c1-11(8-15)12(2)17-10-14(9-16-17)13-6-4-3-5-7-13/h3-7,9-12H,8,15H2,1-2H3. The van der Waals surface area contributed by atoms with Gasteiger partial charge in [-0.15, -0.1) is 0 Å². The SMILES string of the molecule is CC(CN)C(C)n1cc(-c2ccccc2)cn1. The Bertz CT molecular complexity index is 461. The smallest absolute Gasteiger partial charge is 0.0568 e. The summed E-state index contributed by atoms with van der Waals surface area (Å²) in [6, 6.07) is 10.6. The molecule has 3 nitrogen and oxygen atoms in total. The van der Waals surface area contributed by atoms with Crippen LogP contribution in [0.5, 0.6) is 0 Å². The van der Waals surface area contributed by atoms with Crippen LogP contribution in [0.3, 0.4) is 0 Å². The van der Waals surface area contributed by atoms with Gasteiger partial charge in [-0.2, -0.15) is 5.10 Å². The molecular weight excluding hydrogens is 210 g/mol. The van der Waals surface area contributed by atoms with Gasteiger partial charge >= 0.3 is 0 Å². The lowest BCUT2D eigenvalue weighted by Crippen LogP contribution is -2.21. The Morgan fingerprint density at radius 3 is 2.53 bits per heavy atom.